The van der Waals surface area contributed by atoms with E-state index in [2.05, 4.69) is 43.0 Å². The molecule has 0 unspecified atom stereocenters. The zero-order chi connectivity index (χ0) is 28.1. The molecule has 2 aliphatic heterocycles. The van der Waals surface area contributed by atoms with Crippen LogP contribution in [0.15, 0.2) is 34.7 Å². The van der Waals surface area contributed by atoms with Crippen LogP contribution in [0.1, 0.15) is 60.6 Å². The maximum Gasteiger partial charge on any atom is 0.490 e. The van der Waals surface area contributed by atoms with Gasteiger partial charge in [-0.25, -0.2) is 4.79 Å². The summed E-state index contributed by atoms with van der Waals surface area (Å²) in [4.78, 5) is 26.5. The summed E-state index contributed by atoms with van der Waals surface area (Å²) in [6.45, 7) is 13.7. The molecule has 210 valence electrons. The van der Waals surface area contributed by atoms with Gasteiger partial charge in [-0.2, -0.15) is 13.2 Å². The predicted octanol–water partition coefficient (Wildman–Crippen LogP) is 5.69. The Bertz CT molecular complexity index is 1100. The van der Waals surface area contributed by atoms with Crippen LogP contribution in [0.4, 0.5) is 13.2 Å². The molecule has 1 spiro atoms. The standard InChI is InChI=1S/C26H36N2O3.C2HF3O2/c1-19(2)17-30-24-8-6-5-7-22(24)16-27-12-9-26(10-13-27)11-14-28(18-26)25(29)23-15-20(3)31-21(23)4;3-2(4,5)1(6)7/h5-8,15,19H,9-14,16-18H2,1-4H3;(H,6,7). The van der Waals surface area contributed by atoms with Crippen molar-refractivity contribution in [3.05, 3.63) is 53.0 Å². The van der Waals surface area contributed by atoms with Gasteiger partial charge in [0.15, 0.2) is 0 Å². The fourth-order valence-electron chi connectivity index (χ4n) is 4.99. The van der Waals surface area contributed by atoms with Crippen LogP contribution in [-0.4, -0.2) is 65.7 Å². The summed E-state index contributed by atoms with van der Waals surface area (Å²) in [6.07, 6.45) is -1.68. The molecule has 38 heavy (non-hydrogen) atoms. The Morgan fingerprint density at radius 2 is 1.71 bits per heavy atom. The van der Waals surface area contributed by atoms with E-state index in [9.17, 15) is 18.0 Å². The average Bonchev–Trinajstić information content (AvgIpc) is 3.42. The molecule has 0 saturated carbocycles. The van der Waals surface area contributed by atoms with Gasteiger partial charge in [-0.15, -0.1) is 0 Å². The van der Waals surface area contributed by atoms with E-state index < -0.39 is 12.1 Å². The van der Waals surface area contributed by atoms with Gasteiger partial charge < -0.3 is 19.2 Å². The number of carboxylic acid groups (broad SMARTS) is 1. The summed E-state index contributed by atoms with van der Waals surface area (Å²) in [5, 5.41) is 7.12. The average molecular weight is 539 g/mol. The first kappa shape index (κ1) is 29.5. The molecule has 1 amide bonds. The van der Waals surface area contributed by atoms with Gasteiger partial charge in [-0.3, -0.25) is 9.69 Å². The molecular weight excluding hydrogens is 501 g/mol. The first-order valence-electron chi connectivity index (χ1n) is 12.9. The van der Waals surface area contributed by atoms with Crippen molar-refractivity contribution < 1.29 is 37.0 Å². The van der Waals surface area contributed by atoms with E-state index in [1.54, 1.807) is 0 Å². The normalized spacial score (nSPS) is 17.4. The topological polar surface area (TPSA) is 83.2 Å². The third-order valence-electron chi connectivity index (χ3n) is 7.09. The Morgan fingerprint density at radius 1 is 1.11 bits per heavy atom. The number of halogens is 3. The summed E-state index contributed by atoms with van der Waals surface area (Å²) in [6, 6.07) is 10.3. The number of piperidine rings is 1. The molecule has 0 radical (unpaired) electrons. The Balaban J connectivity index is 0.000000505. The van der Waals surface area contributed by atoms with Crippen LogP contribution >= 0.6 is 0 Å². The quantitative estimate of drug-likeness (QED) is 0.509. The van der Waals surface area contributed by atoms with Crippen LogP contribution in [0.5, 0.6) is 5.75 Å². The molecule has 1 aromatic heterocycles. The first-order chi connectivity index (χ1) is 17.8. The number of aryl methyl sites for hydroxylation is 2. The van der Waals surface area contributed by atoms with Gasteiger partial charge in [0.2, 0.25) is 0 Å². The van der Waals surface area contributed by atoms with E-state index in [0.717, 1.165) is 81.4 Å². The number of aliphatic carboxylic acids is 1. The maximum atomic E-state index is 13.0. The van der Waals surface area contributed by atoms with Crippen molar-refractivity contribution in [2.45, 2.75) is 59.7 Å². The van der Waals surface area contributed by atoms with Crippen LogP contribution in [0.25, 0.3) is 0 Å². The second-order valence-electron chi connectivity index (χ2n) is 10.7. The van der Waals surface area contributed by atoms with Gasteiger partial charge >= 0.3 is 12.1 Å². The van der Waals surface area contributed by atoms with E-state index in [-0.39, 0.29) is 11.3 Å². The minimum absolute atomic E-state index is 0.130. The lowest BCUT2D eigenvalue weighted by Gasteiger charge is -2.39. The number of likely N-dealkylation sites (tertiary alicyclic amines) is 2. The first-order valence-corrected chi connectivity index (χ1v) is 12.9. The van der Waals surface area contributed by atoms with Crippen molar-refractivity contribution in [1.29, 1.82) is 0 Å². The monoisotopic (exact) mass is 538 g/mol. The fourth-order valence-corrected chi connectivity index (χ4v) is 4.99. The number of carboxylic acids is 1. The summed E-state index contributed by atoms with van der Waals surface area (Å²) in [5.74, 6) is 0.445. The van der Waals surface area contributed by atoms with E-state index in [4.69, 9.17) is 19.1 Å². The largest absolute Gasteiger partial charge is 0.493 e. The number of hydrogen-bond donors (Lipinski definition) is 1. The van der Waals surface area contributed by atoms with Crippen molar-refractivity contribution in [2.24, 2.45) is 11.3 Å². The number of ether oxygens (including phenoxy) is 1. The number of benzene rings is 1. The van der Waals surface area contributed by atoms with Crippen molar-refractivity contribution in [2.75, 3.05) is 32.8 Å². The van der Waals surface area contributed by atoms with E-state index >= 15 is 0 Å². The van der Waals surface area contributed by atoms with E-state index in [1.165, 1.54) is 5.56 Å². The molecule has 4 rings (SSSR count). The van der Waals surface area contributed by atoms with Crippen LogP contribution in [-0.2, 0) is 11.3 Å². The van der Waals surface area contributed by atoms with Crippen LogP contribution in [0, 0.1) is 25.2 Å². The molecule has 1 aromatic carbocycles. The Labute approximate surface area is 221 Å². The second kappa shape index (κ2) is 12.2. The summed E-state index contributed by atoms with van der Waals surface area (Å²) < 4.78 is 43.4. The van der Waals surface area contributed by atoms with Gasteiger partial charge in [-0.05, 0) is 69.7 Å². The minimum atomic E-state index is -5.08. The molecule has 1 N–H and O–H groups in total. The van der Waals surface area contributed by atoms with Gasteiger partial charge in [0.25, 0.3) is 5.91 Å². The van der Waals surface area contributed by atoms with Crippen LogP contribution in [0.3, 0.4) is 0 Å². The zero-order valence-electron chi connectivity index (χ0n) is 22.4. The zero-order valence-corrected chi connectivity index (χ0v) is 22.4. The van der Waals surface area contributed by atoms with E-state index in [0.29, 0.717) is 5.92 Å². The number of nitrogens with zero attached hydrogens (tertiary/aromatic N) is 2. The van der Waals surface area contributed by atoms with Crippen molar-refractivity contribution in [1.82, 2.24) is 9.80 Å². The number of carbonyl (C=O) groups is 2. The number of rotatable bonds is 6. The number of carbonyl (C=O) groups excluding carboxylic acids is 1. The number of hydrogen-bond acceptors (Lipinski definition) is 5. The van der Waals surface area contributed by atoms with Gasteiger partial charge in [0.1, 0.15) is 17.3 Å². The highest BCUT2D eigenvalue weighted by Gasteiger charge is 2.42. The Hall–Kier alpha value is -3.01. The minimum Gasteiger partial charge on any atom is -0.493 e. The number of alkyl halides is 3. The van der Waals surface area contributed by atoms with Crippen LogP contribution < -0.4 is 4.74 Å². The van der Waals surface area contributed by atoms with Crippen molar-refractivity contribution >= 4 is 11.9 Å². The Morgan fingerprint density at radius 3 is 2.26 bits per heavy atom. The van der Waals surface area contributed by atoms with Gasteiger partial charge in [0, 0.05) is 25.2 Å². The third kappa shape index (κ3) is 7.75. The molecule has 2 fully saturated rings. The molecule has 2 aromatic rings. The molecule has 10 heteroatoms. The molecule has 0 bridgehead atoms. The van der Waals surface area contributed by atoms with Crippen molar-refractivity contribution in [3.8, 4) is 5.75 Å². The number of amides is 1. The Kier molecular flexibility index (Phi) is 9.51. The highest BCUT2D eigenvalue weighted by Crippen LogP contribution is 2.41. The predicted molar refractivity (Wildman–Crippen MR) is 136 cm³/mol. The van der Waals surface area contributed by atoms with Crippen molar-refractivity contribution in [3.63, 3.8) is 0 Å². The molecular formula is C28H37F3N2O5. The number of para-hydroxylation sites is 1. The SMILES string of the molecule is Cc1cc(C(=O)N2CCC3(CCN(Cc4ccccc4OCC(C)C)CC3)C2)c(C)o1.O=C(O)C(F)(F)F. The highest BCUT2D eigenvalue weighted by molar-refractivity contribution is 5.95. The number of furan rings is 1. The molecule has 7 nitrogen and oxygen atoms in total. The highest BCUT2D eigenvalue weighted by atomic mass is 19.4. The summed E-state index contributed by atoms with van der Waals surface area (Å²) >= 11 is 0. The molecule has 0 aliphatic carbocycles. The fraction of sp³-hybridized carbons (Fsp3) is 0.571. The molecule has 3 heterocycles. The maximum absolute atomic E-state index is 13.0. The van der Waals surface area contributed by atoms with E-state index in [1.807, 2.05) is 24.8 Å². The van der Waals surface area contributed by atoms with Gasteiger partial charge in [0.05, 0.1) is 12.2 Å². The third-order valence-corrected chi connectivity index (χ3v) is 7.09. The lowest BCUT2D eigenvalue weighted by Crippen LogP contribution is -2.42. The second-order valence-corrected chi connectivity index (χ2v) is 10.7. The van der Waals surface area contributed by atoms with Crippen LogP contribution in [0.2, 0.25) is 0 Å². The summed E-state index contributed by atoms with van der Waals surface area (Å²) in [5.41, 5.74) is 2.27. The molecule has 2 saturated heterocycles. The molecule has 2 aliphatic rings. The summed E-state index contributed by atoms with van der Waals surface area (Å²) in [7, 11) is 0. The van der Waals surface area contributed by atoms with Gasteiger partial charge in [-0.1, -0.05) is 32.0 Å². The lowest BCUT2D eigenvalue weighted by atomic mass is 9.77. The smallest absolute Gasteiger partial charge is 0.490 e. The molecule has 0 atom stereocenters. The lowest BCUT2D eigenvalue weighted by molar-refractivity contribution is -0.192.